The van der Waals surface area contributed by atoms with Gasteiger partial charge in [-0.2, -0.15) is 13.2 Å². The van der Waals surface area contributed by atoms with Gasteiger partial charge in [0.05, 0.1) is 30.0 Å². The number of esters is 1. The van der Waals surface area contributed by atoms with Crippen molar-refractivity contribution in [3.8, 4) is 11.8 Å². The van der Waals surface area contributed by atoms with E-state index in [9.17, 15) is 18.0 Å². The van der Waals surface area contributed by atoms with Gasteiger partial charge in [0, 0.05) is 5.56 Å². The van der Waals surface area contributed by atoms with Gasteiger partial charge >= 0.3 is 12.1 Å². The van der Waals surface area contributed by atoms with E-state index >= 15 is 0 Å². The highest BCUT2D eigenvalue weighted by atomic mass is 19.4. The Morgan fingerprint density at radius 3 is 2.55 bits per heavy atom. The summed E-state index contributed by atoms with van der Waals surface area (Å²) in [7, 11) is 0. The zero-order valence-electron chi connectivity index (χ0n) is 16.7. The van der Waals surface area contributed by atoms with Gasteiger partial charge in [0.15, 0.2) is 0 Å². The fourth-order valence-electron chi connectivity index (χ4n) is 2.59. The van der Waals surface area contributed by atoms with Crippen LogP contribution in [0.3, 0.4) is 0 Å². The number of aromatic nitrogens is 2. The van der Waals surface area contributed by atoms with Crippen molar-refractivity contribution in [3.05, 3.63) is 76.6 Å². The van der Waals surface area contributed by atoms with Gasteiger partial charge in [-0.05, 0) is 50.2 Å². The first-order valence-electron chi connectivity index (χ1n) is 9.28. The van der Waals surface area contributed by atoms with Crippen LogP contribution in [0.1, 0.15) is 45.6 Å². The second kappa shape index (κ2) is 9.34. The molecule has 0 saturated heterocycles. The van der Waals surface area contributed by atoms with Crippen LogP contribution in [0.5, 0.6) is 0 Å². The van der Waals surface area contributed by atoms with Crippen LogP contribution in [-0.2, 0) is 17.5 Å². The quantitative estimate of drug-likeness (QED) is 0.472. The van der Waals surface area contributed by atoms with Gasteiger partial charge in [0.2, 0.25) is 5.76 Å². The zero-order chi connectivity index (χ0) is 22.4. The molecule has 3 aromatic rings. The topological polar surface area (TPSA) is 77.2 Å². The van der Waals surface area contributed by atoms with Crippen molar-refractivity contribution in [1.29, 1.82) is 0 Å². The van der Waals surface area contributed by atoms with Crippen LogP contribution in [0.4, 0.5) is 19.0 Å². The van der Waals surface area contributed by atoms with Crippen LogP contribution in [0.25, 0.3) is 0 Å². The number of anilines is 1. The summed E-state index contributed by atoms with van der Waals surface area (Å²) in [5.74, 6) is 6.21. The largest absolute Gasteiger partial charge is 0.460 e. The lowest BCUT2D eigenvalue weighted by atomic mass is 10.1. The lowest BCUT2D eigenvalue weighted by Crippen LogP contribution is -2.06. The van der Waals surface area contributed by atoms with Crippen LogP contribution < -0.4 is 5.32 Å². The summed E-state index contributed by atoms with van der Waals surface area (Å²) in [6.45, 7) is 3.92. The number of ether oxygens (including phenoxy) is 1. The number of furan rings is 1. The van der Waals surface area contributed by atoms with E-state index in [1.807, 2.05) is 0 Å². The molecule has 0 fully saturated rings. The number of hydrogen-bond donors (Lipinski definition) is 1. The van der Waals surface area contributed by atoms with E-state index in [4.69, 9.17) is 9.15 Å². The van der Waals surface area contributed by atoms with Crippen LogP contribution >= 0.6 is 0 Å². The van der Waals surface area contributed by atoms with Crippen molar-refractivity contribution in [2.24, 2.45) is 0 Å². The average molecular weight is 429 g/mol. The summed E-state index contributed by atoms with van der Waals surface area (Å²) in [6, 6.07) is 7.74. The Morgan fingerprint density at radius 2 is 1.87 bits per heavy atom. The molecule has 0 spiro atoms. The normalized spacial score (nSPS) is 10.9. The molecule has 0 unspecified atom stereocenters. The molecule has 0 atom stereocenters. The molecule has 0 aliphatic rings. The van der Waals surface area contributed by atoms with Crippen LogP contribution in [0.2, 0.25) is 0 Å². The molecule has 1 N–H and O–H groups in total. The highest BCUT2D eigenvalue weighted by Gasteiger charge is 2.29. The van der Waals surface area contributed by atoms with E-state index in [0.717, 1.165) is 12.1 Å². The molecule has 2 aromatic heterocycles. The Labute approximate surface area is 176 Å². The SMILES string of the molecule is CCOC(=O)c1ccc(CNc2ncnc(C)c2C#Cc2ccc(C(F)(F)F)cc2)o1. The van der Waals surface area contributed by atoms with Crippen molar-refractivity contribution in [2.75, 3.05) is 11.9 Å². The molecule has 0 bridgehead atoms. The number of carbonyl (C=O) groups is 1. The van der Waals surface area contributed by atoms with E-state index in [-0.39, 0.29) is 18.9 Å². The van der Waals surface area contributed by atoms with Crippen molar-refractivity contribution >= 4 is 11.8 Å². The summed E-state index contributed by atoms with van der Waals surface area (Å²) in [4.78, 5) is 20.0. The van der Waals surface area contributed by atoms with Gasteiger partial charge in [-0.15, -0.1) is 0 Å². The van der Waals surface area contributed by atoms with E-state index < -0.39 is 17.7 Å². The van der Waals surface area contributed by atoms with Gasteiger partial charge in [0.25, 0.3) is 0 Å². The summed E-state index contributed by atoms with van der Waals surface area (Å²) in [6.07, 6.45) is -3.03. The third-order valence-electron chi connectivity index (χ3n) is 4.15. The minimum atomic E-state index is -4.40. The van der Waals surface area contributed by atoms with Crippen LogP contribution in [0.15, 0.2) is 47.1 Å². The number of rotatable bonds is 5. The lowest BCUT2D eigenvalue weighted by molar-refractivity contribution is -0.137. The van der Waals surface area contributed by atoms with E-state index in [1.165, 1.54) is 24.5 Å². The predicted octanol–water partition coefficient (Wildman–Crippen LogP) is 4.59. The predicted molar refractivity (Wildman–Crippen MR) is 106 cm³/mol. The smallest absolute Gasteiger partial charge is 0.416 e. The third-order valence-corrected chi connectivity index (χ3v) is 4.15. The van der Waals surface area contributed by atoms with Gasteiger partial charge in [-0.3, -0.25) is 0 Å². The molecule has 9 heteroatoms. The van der Waals surface area contributed by atoms with Crippen molar-refractivity contribution in [1.82, 2.24) is 9.97 Å². The summed E-state index contributed by atoms with van der Waals surface area (Å²) in [5, 5.41) is 3.07. The molecular weight excluding hydrogens is 411 g/mol. The van der Waals surface area contributed by atoms with Crippen LogP contribution in [-0.4, -0.2) is 22.5 Å². The fraction of sp³-hybridized carbons (Fsp3) is 0.227. The number of carbonyl (C=O) groups excluding carboxylic acids is 1. The highest BCUT2D eigenvalue weighted by Crippen LogP contribution is 2.29. The number of benzene rings is 1. The van der Waals surface area contributed by atoms with Crippen molar-refractivity contribution in [3.63, 3.8) is 0 Å². The fourth-order valence-corrected chi connectivity index (χ4v) is 2.59. The summed E-state index contributed by atoms with van der Waals surface area (Å²) in [5.41, 5.74) is 0.788. The lowest BCUT2D eigenvalue weighted by Gasteiger charge is -2.08. The molecule has 1 aromatic carbocycles. The first-order valence-corrected chi connectivity index (χ1v) is 9.28. The average Bonchev–Trinajstić information content (AvgIpc) is 3.20. The van der Waals surface area contributed by atoms with Gasteiger partial charge in [-0.1, -0.05) is 11.8 Å². The molecule has 6 nitrogen and oxygen atoms in total. The Balaban J connectivity index is 1.76. The monoisotopic (exact) mass is 429 g/mol. The number of nitrogens with one attached hydrogen (secondary N) is 1. The maximum absolute atomic E-state index is 12.7. The third kappa shape index (κ3) is 5.63. The standard InChI is InChI=1S/C22H18F3N3O3/c1-3-30-21(29)19-11-9-17(31-19)12-26-20-18(14(2)27-13-28-20)10-6-15-4-7-16(8-5-15)22(23,24)25/h4-5,7-9,11,13H,3,12H2,1-2H3,(H,26,27,28). The molecule has 2 heterocycles. The Morgan fingerprint density at radius 1 is 1.13 bits per heavy atom. The maximum Gasteiger partial charge on any atom is 0.416 e. The number of hydrogen-bond acceptors (Lipinski definition) is 6. The molecule has 3 rings (SSSR count). The Hall–Kier alpha value is -3.80. The molecule has 0 saturated carbocycles. The molecule has 0 radical (unpaired) electrons. The molecule has 31 heavy (non-hydrogen) atoms. The summed E-state index contributed by atoms with van der Waals surface area (Å²) < 4.78 is 48.4. The molecular formula is C22H18F3N3O3. The first-order chi connectivity index (χ1) is 14.8. The molecule has 0 aliphatic heterocycles. The van der Waals surface area contributed by atoms with E-state index in [0.29, 0.717) is 28.4 Å². The highest BCUT2D eigenvalue weighted by molar-refractivity contribution is 5.86. The molecule has 160 valence electrons. The Bertz CT molecular complexity index is 1130. The Kier molecular flexibility index (Phi) is 6.60. The second-order valence-corrected chi connectivity index (χ2v) is 6.35. The zero-order valence-corrected chi connectivity index (χ0v) is 16.7. The van der Waals surface area contributed by atoms with E-state index in [2.05, 4.69) is 27.1 Å². The minimum Gasteiger partial charge on any atom is -0.460 e. The number of aryl methyl sites for hydroxylation is 1. The first kappa shape index (κ1) is 21.9. The number of halogens is 3. The molecule has 0 amide bonds. The number of alkyl halides is 3. The maximum atomic E-state index is 12.7. The second-order valence-electron chi connectivity index (χ2n) is 6.35. The number of nitrogens with zero attached hydrogens (tertiary/aromatic N) is 2. The van der Waals surface area contributed by atoms with Crippen molar-refractivity contribution in [2.45, 2.75) is 26.6 Å². The van der Waals surface area contributed by atoms with Gasteiger partial charge < -0.3 is 14.5 Å². The van der Waals surface area contributed by atoms with E-state index in [1.54, 1.807) is 19.9 Å². The van der Waals surface area contributed by atoms with Crippen molar-refractivity contribution < 1.29 is 27.1 Å². The van der Waals surface area contributed by atoms with Gasteiger partial charge in [0.1, 0.15) is 17.9 Å². The summed E-state index contributed by atoms with van der Waals surface area (Å²) >= 11 is 0. The van der Waals surface area contributed by atoms with Crippen LogP contribution in [0, 0.1) is 18.8 Å². The molecule has 0 aliphatic carbocycles. The van der Waals surface area contributed by atoms with Gasteiger partial charge in [-0.25, -0.2) is 14.8 Å². The minimum absolute atomic E-state index is 0.0971.